The first kappa shape index (κ1) is 24.2. The lowest BCUT2D eigenvalue weighted by Gasteiger charge is -2.57. The first-order valence-corrected chi connectivity index (χ1v) is 13.9. The molecule has 0 radical (unpaired) electrons. The Morgan fingerprint density at radius 3 is 2.66 bits per heavy atom. The van der Waals surface area contributed by atoms with E-state index < -0.39 is 5.82 Å². The molecule has 38 heavy (non-hydrogen) atoms. The summed E-state index contributed by atoms with van der Waals surface area (Å²) in [5, 5.41) is 1.19. The largest absolute Gasteiger partial charge is 0.381 e. The van der Waals surface area contributed by atoms with Crippen LogP contribution in [-0.2, 0) is 15.9 Å². The van der Waals surface area contributed by atoms with Crippen molar-refractivity contribution >= 4 is 16.8 Å². The summed E-state index contributed by atoms with van der Waals surface area (Å²) >= 11 is 0. The molecule has 0 atom stereocenters. The highest BCUT2D eigenvalue weighted by Gasteiger charge is 2.53. The number of aryl methyl sites for hydroxylation is 1. The first-order valence-electron chi connectivity index (χ1n) is 13.9. The van der Waals surface area contributed by atoms with Crippen LogP contribution in [0.4, 0.5) is 4.39 Å². The van der Waals surface area contributed by atoms with Crippen molar-refractivity contribution in [2.45, 2.75) is 38.1 Å². The Morgan fingerprint density at radius 1 is 1.13 bits per heavy atom. The van der Waals surface area contributed by atoms with E-state index in [-0.39, 0.29) is 11.4 Å². The van der Waals surface area contributed by atoms with E-state index in [0.29, 0.717) is 36.9 Å². The van der Waals surface area contributed by atoms with Gasteiger partial charge in [-0.2, -0.15) is 0 Å². The van der Waals surface area contributed by atoms with Crippen LogP contribution in [-0.4, -0.2) is 83.4 Å². The number of carbonyl (C=O) groups excluding carboxylic acids is 1. The Bertz CT molecular complexity index is 1370. The Balaban J connectivity index is 1.17. The van der Waals surface area contributed by atoms with Gasteiger partial charge in [0.05, 0.1) is 41.7 Å². The van der Waals surface area contributed by atoms with Gasteiger partial charge in [0.15, 0.2) is 0 Å². The van der Waals surface area contributed by atoms with E-state index in [0.717, 1.165) is 56.1 Å². The van der Waals surface area contributed by atoms with Crippen molar-refractivity contribution in [3.8, 4) is 5.69 Å². The average Bonchev–Trinajstić information content (AvgIpc) is 3.21. The van der Waals surface area contributed by atoms with Gasteiger partial charge in [0.2, 0.25) is 0 Å². The van der Waals surface area contributed by atoms with Gasteiger partial charge in [-0.05, 0) is 73.8 Å². The van der Waals surface area contributed by atoms with E-state index in [1.54, 1.807) is 6.07 Å². The number of ether oxygens (including phenoxy) is 2. The zero-order valence-corrected chi connectivity index (χ0v) is 22.0. The molecule has 4 fully saturated rings. The van der Waals surface area contributed by atoms with Gasteiger partial charge >= 0.3 is 0 Å². The number of carbonyl (C=O) groups is 1. The number of benzene rings is 1. The van der Waals surface area contributed by atoms with Gasteiger partial charge in [-0.25, -0.2) is 4.39 Å². The summed E-state index contributed by atoms with van der Waals surface area (Å²) in [4.78, 5) is 22.6. The zero-order chi connectivity index (χ0) is 25.9. The van der Waals surface area contributed by atoms with E-state index in [1.807, 2.05) is 17.3 Å². The fraction of sp³-hybridized carbons (Fsp3) is 0.533. The predicted octanol–water partition coefficient (Wildman–Crippen LogP) is 3.99. The smallest absolute Gasteiger partial charge is 0.256 e. The number of hydrogen-bond donors (Lipinski definition) is 0. The van der Waals surface area contributed by atoms with Crippen molar-refractivity contribution in [3.63, 3.8) is 0 Å². The molecule has 8 heteroatoms. The quantitative estimate of drug-likeness (QED) is 0.494. The summed E-state index contributed by atoms with van der Waals surface area (Å²) in [5.74, 6) is 0.837. The number of nitrogens with zero attached hydrogens (tertiary/aromatic N) is 4. The van der Waals surface area contributed by atoms with Crippen molar-refractivity contribution in [2.75, 3.05) is 52.6 Å². The minimum Gasteiger partial charge on any atom is -0.381 e. The van der Waals surface area contributed by atoms with Gasteiger partial charge in [0.25, 0.3) is 5.91 Å². The maximum absolute atomic E-state index is 14.5. The third-order valence-corrected chi connectivity index (χ3v) is 9.19. The molecule has 0 bridgehead atoms. The predicted molar refractivity (Wildman–Crippen MR) is 142 cm³/mol. The van der Waals surface area contributed by atoms with Gasteiger partial charge in [-0.15, -0.1) is 0 Å². The molecule has 0 unspecified atom stereocenters. The number of amides is 1. The van der Waals surface area contributed by atoms with Gasteiger partial charge in [0.1, 0.15) is 5.82 Å². The van der Waals surface area contributed by atoms with Crippen LogP contribution in [0.5, 0.6) is 0 Å². The van der Waals surface area contributed by atoms with Crippen LogP contribution in [0.3, 0.4) is 0 Å². The molecule has 3 aromatic rings. The fourth-order valence-electron chi connectivity index (χ4n) is 6.88. The molecular weight excluding hydrogens is 483 g/mol. The molecule has 1 amide bonds. The van der Waals surface area contributed by atoms with E-state index in [4.69, 9.17) is 9.47 Å². The van der Waals surface area contributed by atoms with Crippen molar-refractivity contribution in [1.82, 2.24) is 19.4 Å². The lowest BCUT2D eigenvalue weighted by molar-refractivity contribution is -0.172. The van der Waals surface area contributed by atoms with Gasteiger partial charge in [-0.3, -0.25) is 9.78 Å². The van der Waals surface area contributed by atoms with Crippen molar-refractivity contribution in [2.24, 2.45) is 11.8 Å². The summed E-state index contributed by atoms with van der Waals surface area (Å²) in [6.07, 6.45) is 10.2. The first-order chi connectivity index (χ1) is 18.5. The molecule has 4 aliphatic heterocycles. The maximum Gasteiger partial charge on any atom is 0.256 e. The van der Waals surface area contributed by atoms with E-state index in [9.17, 15) is 9.18 Å². The molecule has 0 N–H and O–H groups in total. The number of hydrogen-bond acceptors (Lipinski definition) is 5. The van der Waals surface area contributed by atoms with E-state index >= 15 is 0 Å². The van der Waals surface area contributed by atoms with Crippen LogP contribution in [0.1, 0.15) is 40.7 Å². The number of likely N-dealkylation sites (tertiary alicyclic amines) is 2. The molecule has 200 valence electrons. The Morgan fingerprint density at radius 2 is 1.95 bits per heavy atom. The highest BCUT2D eigenvalue weighted by atomic mass is 19.1. The highest BCUT2D eigenvalue weighted by Crippen LogP contribution is 2.40. The summed E-state index contributed by atoms with van der Waals surface area (Å²) < 4.78 is 27.5. The standard InChI is InChI=1S/C30H35FN4O3/c1-20-12-32-13-27-28(20)23(10-22-15-33(16-22)14-21-4-8-37-9-5-21)17-34(27)26-3-2-24(31)11-25(26)29(36)35-7-6-30(35)18-38-19-30/h2-3,11-13,17,21-22H,4-10,14-16,18-19H2,1H3. The third-order valence-electron chi connectivity index (χ3n) is 9.19. The molecule has 6 heterocycles. The molecule has 0 aliphatic carbocycles. The SMILES string of the molecule is Cc1cncc2c1c(CC1CN(CC3CCOCC3)C1)cn2-c1ccc(F)cc1C(=O)N1CCC12COC2. The summed E-state index contributed by atoms with van der Waals surface area (Å²) in [7, 11) is 0. The molecule has 1 spiro atoms. The fourth-order valence-corrected chi connectivity index (χ4v) is 6.88. The maximum atomic E-state index is 14.5. The van der Waals surface area contributed by atoms with Crippen LogP contribution in [0.25, 0.3) is 16.6 Å². The van der Waals surface area contributed by atoms with Crippen molar-refractivity contribution < 1.29 is 18.7 Å². The van der Waals surface area contributed by atoms with Crippen LogP contribution < -0.4 is 0 Å². The monoisotopic (exact) mass is 518 g/mol. The molecule has 7 nitrogen and oxygen atoms in total. The lowest BCUT2D eigenvalue weighted by Crippen LogP contribution is -2.72. The second kappa shape index (κ2) is 9.43. The number of pyridine rings is 1. The number of halogens is 1. The number of aromatic nitrogens is 2. The van der Waals surface area contributed by atoms with Crippen molar-refractivity contribution in [3.05, 3.63) is 59.3 Å². The minimum absolute atomic E-state index is 0.124. The molecule has 4 saturated heterocycles. The lowest BCUT2D eigenvalue weighted by atomic mass is 9.82. The van der Waals surface area contributed by atoms with Crippen LogP contribution in [0, 0.1) is 24.6 Å². The Labute approximate surface area is 222 Å². The van der Waals surface area contributed by atoms with E-state index in [2.05, 4.69) is 27.6 Å². The second-order valence-electron chi connectivity index (χ2n) is 11.8. The summed E-state index contributed by atoms with van der Waals surface area (Å²) in [5.41, 5.74) is 4.25. The second-order valence-corrected chi connectivity index (χ2v) is 11.8. The van der Waals surface area contributed by atoms with E-state index in [1.165, 1.54) is 42.5 Å². The van der Waals surface area contributed by atoms with Crippen LogP contribution in [0.2, 0.25) is 0 Å². The molecular formula is C30H35FN4O3. The van der Waals surface area contributed by atoms with Gasteiger partial charge in [0, 0.05) is 57.2 Å². The summed E-state index contributed by atoms with van der Waals surface area (Å²) in [6, 6.07) is 4.56. The zero-order valence-electron chi connectivity index (χ0n) is 22.0. The van der Waals surface area contributed by atoms with Gasteiger partial charge < -0.3 is 23.8 Å². The molecule has 7 rings (SSSR count). The Kier molecular flexibility index (Phi) is 6.02. The van der Waals surface area contributed by atoms with Crippen LogP contribution >= 0.6 is 0 Å². The minimum atomic E-state index is -0.401. The number of rotatable bonds is 6. The summed E-state index contributed by atoms with van der Waals surface area (Å²) in [6.45, 7) is 9.12. The molecule has 2 aromatic heterocycles. The normalized spacial score (nSPS) is 21.9. The number of fused-ring (bicyclic) bond motifs is 1. The molecule has 0 saturated carbocycles. The topological polar surface area (TPSA) is 59.8 Å². The van der Waals surface area contributed by atoms with Crippen LogP contribution in [0.15, 0.2) is 36.8 Å². The third kappa shape index (κ3) is 4.05. The van der Waals surface area contributed by atoms with Crippen molar-refractivity contribution in [1.29, 1.82) is 0 Å². The van der Waals surface area contributed by atoms with Gasteiger partial charge in [-0.1, -0.05) is 0 Å². The highest BCUT2D eigenvalue weighted by molar-refractivity contribution is 6.00. The Hall–Kier alpha value is -2.81. The molecule has 1 aromatic carbocycles. The average molecular weight is 519 g/mol. The molecule has 4 aliphatic rings.